The molecule has 0 radical (unpaired) electrons. The maximum Gasteiger partial charge on any atom is 0.0700 e. The number of hydrogen-bond acceptors (Lipinski definition) is 3. The Kier molecular flexibility index (Phi) is 7.63. The number of rotatable bonds is 9. The number of methoxy groups -OCH3 is 1. The molecule has 1 atom stereocenters. The molecule has 0 bridgehead atoms. The molecular formula is C14H23NO2. The molecule has 1 aromatic carbocycles. The van der Waals surface area contributed by atoms with Gasteiger partial charge < -0.3 is 14.8 Å². The molecular weight excluding hydrogens is 214 g/mol. The molecule has 0 spiro atoms. The Balaban J connectivity index is 2.33. The maximum absolute atomic E-state index is 5.52. The van der Waals surface area contributed by atoms with Crippen molar-refractivity contribution in [1.82, 2.24) is 5.32 Å². The first-order valence-electron chi connectivity index (χ1n) is 6.14. The lowest BCUT2D eigenvalue weighted by atomic mass is 9.96. The number of hydrogen-bond donors (Lipinski definition) is 1. The van der Waals surface area contributed by atoms with Crippen molar-refractivity contribution in [2.75, 3.05) is 40.5 Å². The van der Waals surface area contributed by atoms with E-state index in [4.69, 9.17) is 9.47 Å². The van der Waals surface area contributed by atoms with Crippen LogP contribution in [0.3, 0.4) is 0 Å². The molecule has 0 aliphatic heterocycles. The zero-order chi connectivity index (χ0) is 12.3. The normalized spacial score (nSPS) is 12.6. The predicted molar refractivity (Wildman–Crippen MR) is 70.4 cm³/mol. The highest BCUT2D eigenvalue weighted by Gasteiger charge is 2.09. The van der Waals surface area contributed by atoms with E-state index in [9.17, 15) is 0 Å². The zero-order valence-electron chi connectivity index (χ0n) is 10.8. The molecule has 3 heteroatoms. The van der Waals surface area contributed by atoms with Gasteiger partial charge in [0.2, 0.25) is 0 Å². The number of likely N-dealkylation sites (N-methyl/N-ethyl adjacent to an activating group) is 1. The first-order chi connectivity index (χ1) is 8.38. The summed E-state index contributed by atoms with van der Waals surface area (Å²) in [5, 5.41) is 3.24. The molecule has 1 unspecified atom stereocenters. The Bertz CT molecular complexity index is 277. The van der Waals surface area contributed by atoms with Crippen molar-refractivity contribution in [2.24, 2.45) is 0 Å². The van der Waals surface area contributed by atoms with Gasteiger partial charge in [-0.1, -0.05) is 30.3 Å². The largest absolute Gasteiger partial charge is 0.382 e. The third-order valence-corrected chi connectivity index (χ3v) is 2.76. The summed E-state index contributed by atoms with van der Waals surface area (Å²) in [7, 11) is 3.68. The van der Waals surface area contributed by atoms with E-state index in [0.29, 0.717) is 19.1 Å². The average molecular weight is 237 g/mol. The fraction of sp³-hybridized carbons (Fsp3) is 0.571. The lowest BCUT2D eigenvalue weighted by Crippen LogP contribution is -2.19. The van der Waals surface area contributed by atoms with Gasteiger partial charge in [-0.2, -0.15) is 0 Å². The molecule has 0 amide bonds. The van der Waals surface area contributed by atoms with Crippen LogP contribution in [0.5, 0.6) is 0 Å². The fourth-order valence-electron chi connectivity index (χ4n) is 1.83. The zero-order valence-corrected chi connectivity index (χ0v) is 10.8. The quantitative estimate of drug-likeness (QED) is 0.667. The minimum atomic E-state index is 0.517. The lowest BCUT2D eigenvalue weighted by Gasteiger charge is -2.17. The van der Waals surface area contributed by atoms with E-state index in [1.54, 1.807) is 7.11 Å². The van der Waals surface area contributed by atoms with Crippen molar-refractivity contribution in [3.63, 3.8) is 0 Å². The Labute approximate surface area is 104 Å². The molecule has 0 saturated carbocycles. The molecule has 0 saturated heterocycles. The van der Waals surface area contributed by atoms with E-state index >= 15 is 0 Å². The lowest BCUT2D eigenvalue weighted by molar-refractivity contribution is 0.0670. The van der Waals surface area contributed by atoms with Crippen LogP contribution in [0.25, 0.3) is 0 Å². The van der Waals surface area contributed by atoms with Crippen molar-refractivity contribution >= 4 is 0 Å². The summed E-state index contributed by atoms with van der Waals surface area (Å²) in [6, 6.07) is 10.6. The second-order valence-electron chi connectivity index (χ2n) is 4.06. The SMILES string of the molecule is CNCC(CCOCCOC)c1ccccc1. The van der Waals surface area contributed by atoms with E-state index in [2.05, 4.69) is 35.6 Å². The summed E-state index contributed by atoms with van der Waals surface area (Å²) >= 11 is 0. The van der Waals surface area contributed by atoms with Crippen LogP contribution in [0.1, 0.15) is 17.9 Å². The van der Waals surface area contributed by atoms with Crippen LogP contribution in [0.2, 0.25) is 0 Å². The smallest absolute Gasteiger partial charge is 0.0700 e. The molecule has 0 aliphatic rings. The molecule has 3 nitrogen and oxygen atoms in total. The summed E-state index contributed by atoms with van der Waals surface area (Å²) in [6.45, 7) is 3.11. The van der Waals surface area contributed by atoms with Crippen molar-refractivity contribution in [3.8, 4) is 0 Å². The molecule has 1 rings (SSSR count). The number of nitrogens with one attached hydrogen (secondary N) is 1. The van der Waals surface area contributed by atoms with Crippen LogP contribution < -0.4 is 5.32 Å². The van der Waals surface area contributed by atoms with Gasteiger partial charge in [0.15, 0.2) is 0 Å². The van der Waals surface area contributed by atoms with Crippen LogP contribution in [0.4, 0.5) is 0 Å². The van der Waals surface area contributed by atoms with Gasteiger partial charge in [-0.05, 0) is 24.9 Å². The highest BCUT2D eigenvalue weighted by molar-refractivity contribution is 5.19. The molecule has 1 N–H and O–H groups in total. The second-order valence-corrected chi connectivity index (χ2v) is 4.06. The average Bonchev–Trinajstić information content (AvgIpc) is 2.38. The maximum atomic E-state index is 5.52. The first kappa shape index (κ1) is 14.2. The number of ether oxygens (including phenoxy) is 2. The summed E-state index contributed by atoms with van der Waals surface area (Å²) in [5.74, 6) is 0.517. The van der Waals surface area contributed by atoms with E-state index in [1.807, 2.05) is 7.05 Å². The first-order valence-corrected chi connectivity index (χ1v) is 6.14. The number of benzene rings is 1. The third-order valence-electron chi connectivity index (χ3n) is 2.76. The van der Waals surface area contributed by atoms with Gasteiger partial charge in [0.05, 0.1) is 13.2 Å². The molecule has 0 aliphatic carbocycles. The monoisotopic (exact) mass is 237 g/mol. The predicted octanol–water partition coefficient (Wildman–Crippen LogP) is 2.04. The van der Waals surface area contributed by atoms with E-state index in [0.717, 1.165) is 19.6 Å². The molecule has 1 aromatic rings. The minimum Gasteiger partial charge on any atom is -0.382 e. The second kappa shape index (κ2) is 9.16. The summed E-state index contributed by atoms with van der Waals surface area (Å²) < 4.78 is 10.5. The molecule has 0 aromatic heterocycles. The third kappa shape index (κ3) is 5.82. The van der Waals surface area contributed by atoms with Crippen molar-refractivity contribution < 1.29 is 9.47 Å². The van der Waals surface area contributed by atoms with Gasteiger partial charge >= 0.3 is 0 Å². The van der Waals surface area contributed by atoms with Crippen LogP contribution in [-0.2, 0) is 9.47 Å². The molecule has 96 valence electrons. The van der Waals surface area contributed by atoms with Crippen molar-refractivity contribution in [1.29, 1.82) is 0 Å². The van der Waals surface area contributed by atoms with Gasteiger partial charge in [-0.3, -0.25) is 0 Å². The van der Waals surface area contributed by atoms with Crippen LogP contribution >= 0.6 is 0 Å². The summed E-state index contributed by atoms with van der Waals surface area (Å²) in [4.78, 5) is 0. The topological polar surface area (TPSA) is 30.5 Å². The minimum absolute atomic E-state index is 0.517. The summed E-state index contributed by atoms with van der Waals surface area (Å²) in [6.07, 6.45) is 1.04. The Morgan fingerprint density at radius 2 is 1.88 bits per heavy atom. The Morgan fingerprint density at radius 1 is 1.12 bits per heavy atom. The van der Waals surface area contributed by atoms with Crippen LogP contribution in [0, 0.1) is 0 Å². The standard InChI is InChI=1S/C14H23NO2/c1-15-12-14(8-9-17-11-10-16-2)13-6-4-3-5-7-13/h3-7,14-15H,8-12H2,1-2H3. The molecule has 0 fully saturated rings. The van der Waals surface area contributed by atoms with Crippen molar-refractivity contribution in [2.45, 2.75) is 12.3 Å². The van der Waals surface area contributed by atoms with Crippen LogP contribution in [-0.4, -0.2) is 40.5 Å². The van der Waals surface area contributed by atoms with Crippen LogP contribution in [0.15, 0.2) is 30.3 Å². The Hall–Kier alpha value is -0.900. The highest BCUT2D eigenvalue weighted by Crippen LogP contribution is 2.18. The van der Waals surface area contributed by atoms with E-state index < -0.39 is 0 Å². The van der Waals surface area contributed by atoms with Gasteiger partial charge in [-0.15, -0.1) is 0 Å². The van der Waals surface area contributed by atoms with Gasteiger partial charge in [0.25, 0.3) is 0 Å². The van der Waals surface area contributed by atoms with Gasteiger partial charge in [-0.25, -0.2) is 0 Å². The van der Waals surface area contributed by atoms with Gasteiger partial charge in [0, 0.05) is 20.3 Å². The summed E-state index contributed by atoms with van der Waals surface area (Å²) in [5.41, 5.74) is 1.37. The van der Waals surface area contributed by atoms with Crippen molar-refractivity contribution in [3.05, 3.63) is 35.9 Å². The fourth-order valence-corrected chi connectivity index (χ4v) is 1.83. The Morgan fingerprint density at radius 3 is 2.53 bits per heavy atom. The molecule has 0 heterocycles. The van der Waals surface area contributed by atoms with E-state index in [1.165, 1.54) is 5.56 Å². The molecule has 17 heavy (non-hydrogen) atoms. The highest BCUT2D eigenvalue weighted by atomic mass is 16.5. The van der Waals surface area contributed by atoms with E-state index in [-0.39, 0.29) is 0 Å². The van der Waals surface area contributed by atoms with Gasteiger partial charge in [0.1, 0.15) is 0 Å².